The molecule has 0 radical (unpaired) electrons. The lowest BCUT2D eigenvalue weighted by atomic mass is 10.0. The quantitative estimate of drug-likeness (QED) is 0.284. The first-order valence-electron chi connectivity index (χ1n) is 8.84. The fourth-order valence-electron chi connectivity index (χ4n) is 2.61. The summed E-state index contributed by atoms with van der Waals surface area (Å²) in [6, 6.07) is 10.0. The predicted octanol–water partition coefficient (Wildman–Crippen LogP) is 3.00. The Balaban J connectivity index is 0.00000576. The molecular weight excluding hydrogens is 429 g/mol. The van der Waals surface area contributed by atoms with Crippen LogP contribution in [0.1, 0.15) is 38.7 Å². The maximum atomic E-state index is 9.62. The van der Waals surface area contributed by atoms with Crippen molar-refractivity contribution in [2.75, 3.05) is 33.4 Å². The van der Waals surface area contributed by atoms with Gasteiger partial charge in [0.25, 0.3) is 0 Å². The highest BCUT2D eigenvalue weighted by Crippen LogP contribution is 2.13. The van der Waals surface area contributed by atoms with Crippen molar-refractivity contribution in [1.29, 1.82) is 0 Å². The summed E-state index contributed by atoms with van der Waals surface area (Å²) in [6.07, 6.45) is 1.20. The Labute approximate surface area is 169 Å². The third kappa shape index (κ3) is 9.42. The molecule has 0 heterocycles. The minimum Gasteiger partial charge on any atom is -0.396 e. The molecule has 0 amide bonds. The standard InChI is InChI=1S/C19H33N3O2.HI/c1-5-24-18(15(2)3)11-12-21-19(20-4)22-13-17(14-23)16-9-7-6-8-10-16;/h6-10,15,17-18,23H,5,11-14H2,1-4H3,(H2,20,21,22);1H. The number of aliphatic hydroxyl groups is 1. The van der Waals surface area contributed by atoms with Gasteiger partial charge in [0.15, 0.2) is 5.96 Å². The van der Waals surface area contributed by atoms with Crippen LogP contribution in [0.3, 0.4) is 0 Å². The van der Waals surface area contributed by atoms with Gasteiger partial charge in [-0.05, 0) is 24.8 Å². The molecule has 1 aromatic carbocycles. The summed E-state index contributed by atoms with van der Waals surface area (Å²) < 4.78 is 5.76. The molecule has 0 saturated heterocycles. The van der Waals surface area contributed by atoms with E-state index in [-0.39, 0.29) is 42.6 Å². The van der Waals surface area contributed by atoms with E-state index in [1.165, 1.54) is 0 Å². The van der Waals surface area contributed by atoms with Gasteiger partial charge in [0.2, 0.25) is 0 Å². The molecule has 144 valence electrons. The number of aliphatic imine (C=N–C) groups is 1. The minimum absolute atomic E-state index is 0. The average molecular weight is 463 g/mol. The predicted molar refractivity (Wildman–Crippen MR) is 116 cm³/mol. The van der Waals surface area contributed by atoms with Crippen molar-refractivity contribution in [2.45, 2.75) is 39.2 Å². The highest BCUT2D eigenvalue weighted by molar-refractivity contribution is 14.0. The Hall–Kier alpha value is -0.860. The van der Waals surface area contributed by atoms with Gasteiger partial charge in [0, 0.05) is 32.7 Å². The van der Waals surface area contributed by atoms with Gasteiger partial charge in [-0.15, -0.1) is 24.0 Å². The number of ether oxygens (including phenoxy) is 1. The molecule has 0 aliphatic carbocycles. The van der Waals surface area contributed by atoms with Gasteiger partial charge in [0.05, 0.1) is 12.7 Å². The molecule has 1 aromatic rings. The second-order valence-corrected chi connectivity index (χ2v) is 6.20. The monoisotopic (exact) mass is 463 g/mol. The normalized spacial score (nSPS) is 13.9. The summed E-state index contributed by atoms with van der Waals surface area (Å²) in [5.74, 6) is 1.30. The maximum Gasteiger partial charge on any atom is 0.191 e. The highest BCUT2D eigenvalue weighted by atomic mass is 127. The maximum absolute atomic E-state index is 9.62. The lowest BCUT2D eigenvalue weighted by Gasteiger charge is -2.22. The Morgan fingerprint density at radius 3 is 2.40 bits per heavy atom. The number of nitrogens with zero attached hydrogens (tertiary/aromatic N) is 1. The van der Waals surface area contributed by atoms with Crippen LogP contribution in [0.2, 0.25) is 0 Å². The molecule has 2 atom stereocenters. The van der Waals surface area contributed by atoms with Gasteiger partial charge in [-0.1, -0.05) is 44.2 Å². The zero-order valence-corrected chi connectivity index (χ0v) is 18.2. The van der Waals surface area contributed by atoms with Crippen molar-refractivity contribution in [3.05, 3.63) is 35.9 Å². The molecule has 6 heteroatoms. The van der Waals surface area contributed by atoms with E-state index in [1.54, 1.807) is 7.05 Å². The summed E-state index contributed by atoms with van der Waals surface area (Å²) in [7, 11) is 1.76. The molecule has 0 bridgehead atoms. The number of hydrogen-bond donors (Lipinski definition) is 3. The van der Waals surface area contributed by atoms with Crippen LogP contribution >= 0.6 is 24.0 Å². The fourth-order valence-corrected chi connectivity index (χ4v) is 2.61. The van der Waals surface area contributed by atoms with Crippen LogP contribution in [0.15, 0.2) is 35.3 Å². The first kappa shape index (κ1) is 24.1. The van der Waals surface area contributed by atoms with Crippen molar-refractivity contribution in [3.8, 4) is 0 Å². The van der Waals surface area contributed by atoms with Gasteiger partial charge < -0.3 is 20.5 Å². The highest BCUT2D eigenvalue weighted by Gasteiger charge is 2.14. The topological polar surface area (TPSA) is 65.9 Å². The first-order valence-corrected chi connectivity index (χ1v) is 8.84. The number of nitrogens with one attached hydrogen (secondary N) is 2. The van der Waals surface area contributed by atoms with Crippen molar-refractivity contribution in [2.24, 2.45) is 10.9 Å². The van der Waals surface area contributed by atoms with Crippen LogP contribution in [-0.2, 0) is 4.74 Å². The van der Waals surface area contributed by atoms with E-state index >= 15 is 0 Å². The van der Waals surface area contributed by atoms with Crippen molar-refractivity contribution >= 4 is 29.9 Å². The Kier molecular flexibility index (Phi) is 13.8. The third-order valence-electron chi connectivity index (χ3n) is 4.08. The van der Waals surface area contributed by atoms with E-state index in [2.05, 4.69) is 29.5 Å². The van der Waals surface area contributed by atoms with Gasteiger partial charge >= 0.3 is 0 Å². The van der Waals surface area contributed by atoms with E-state index in [1.807, 2.05) is 37.3 Å². The summed E-state index contributed by atoms with van der Waals surface area (Å²) >= 11 is 0. The van der Waals surface area contributed by atoms with Crippen LogP contribution < -0.4 is 10.6 Å². The largest absolute Gasteiger partial charge is 0.396 e. The van der Waals surface area contributed by atoms with Crippen LogP contribution in [0.4, 0.5) is 0 Å². The van der Waals surface area contributed by atoms with Crippen LogP contribution in [0, 0.1) is 5.92 Å². The van der Waals surface area contributed by atoms with Crippen LogP contribution in [0.5, 0.6) is 0 Å². The van der Waals surface area contributed by atoms with Crippen molar-refractivity contribution in [3.63, 3.8) is 0 Å². The number of rotatable bonds is 10. The van der Waals surface area contributed by atoms with E-state index < -0.39 is 0 Å². The molecule has 0 spiro atoms. The van der Waals surface area contributed by atoms with Gasteiger partial charge in [-0.2, -0.15) is 0 Å². The molecule has 1 rings (SSSR count). The third-order valence-corrected chi connectivity index (χ3v) is 4.08. The lowest BCUT2D eigenvalue weighted by Crippen LogP contribution is -2.41. The van der Waals surface area contributed by atoms with Gasteiger partial charge in [-0.25, -0.2) is 0 Å². The fraction of sp³-hybridized carbons (Fsp3) is 0.632. The van der Waals surface area contributed by atoms with Crippen molar-refractivity contribution < 1.29 is 9.84 Å². The number of benzene rings is 1. The molecule has 0 aliphatic heterocycles. The van der Waals surface area contributed by atoms with Crippen molar-refractivity contribution in [1.82, 2.24) is 10.6 Å². The van der Waals surface area contributed by atoms with Gasteiger partial charge in [-0.3, -0.25) is 4.99 Å². The summed E-state index contributed by atoms with van der Waals surface area (Å²) in [5, 5.41) is 16.2. The molecule has 0 aromatic heterocycles. The van der Waals surface area contributed by atoms with E-state index in [9.17, 15) is 5.11 Å². The summed E-state index contributed by atoms with van der Waals surface area (Å²) in [4.78, 5) is 4.25. The zero-order valence-electron chi connectivity index (χ0n) is 15.9. The molecule has 2 unspecified atom stereocenters. The van der Waals surface area contributed by atoms with Gasteiger partial charge in [0.1, 0.15) is 0 Å². The number of hydrogen-bond acceptors (Lipinski definition) is 3. The molecule has 3 N–H and O–H groups in total. The molecule has 0 saturated carbocycles. The minimum atomic E-state index is 0. The first-order chi connectivity index (χ1) is 11.6. The van der Waals surface area contributed by atoms with E-state index in [0.717, 1.165) is 31.1 Å². The number of aliphatic hydroxyl groups excluding tert-OH is 1. The molecular formula is C19H34IN3O2. The zero-order chi connectivity index (χ0) is 17.8. The van der Waals surface area contributed by atoms with Crippen LogP contribution in [-0.4, -0.2) is 50.5 Å². The SMILES string of the molecule is CCOC(CCNC(=NC)NCC(CO)c1ccccc1)C(C)C.I. The average Bonchev–Trinajstić information content (AvgIpc) is 2.60. The summed E-state index contributed by atoms with van der Waals surface area (Å²) in [5.41, 5.74) is 1.12. The Morgan fingerprint density at radius 2 is 1.88 bits per heavy atom. The molecule has 25 heavy (non-hydrogen) atoms. The molecule has 0 fully saturated rings. The molecule has 5 nitrogen and oxygen atoms in total. The lowest BCUT2D eigenvalue weighted by molar-refractivity contribution is 0.0258. The van der Waals surface area contributed by atoms with Crippen LogP contribution in [0.25, 0.3) is 0 Å². The smallest absolute Gasteiger partial charge is 0.191 e. The second-order valence-electron chi connectivity index (χ2n) is 6.20. The Morgan fingerprint density at radius 1 is 1.20 bits per heavy atom. The Bertz CT molecular complexity index is 469. The van der Waals surface area contributed by atoms with E-state index in [4.69, 9.17) is 4.74 Å². The summed E-state index contributed by atoms with van der Waals surface area (Å²) in [6.45, 7) is 8.68. The number of halogens is 1. The number of guanidine groups is 1. The molecule has 0 aliphatic rings. The van der Waals surface area contributed by atoms with E-state index in [0.29, 0.717) is 12.5 Å². The second kappa shape index (κ2) is 14.3.